The van der Waals surface area contributed by atoms with Crippen molar-refractivity contribution in [2.45, 2.75) is 19.4 Å². The van der Waals surface area contributed by atoms with Crippen molar-refractivity contribution in [1.82, 2.24) is 15.3 Å². The Morgan fingerprint density at radius 2 is 2.33 bits per heavy atom. The molecule has 0 saturated heterocycles. The van der Waals surface area contributed by atoms with Gasteiger partial charge in [-0.2, -0.15) is 0 Å². The number of rotatable bonds is 4. The molecule has 3 N–H and O–H groups in total. The smallest absolute Gasteiger partial charge is 0.325 e. The summed E-state index contributed by atoms with van der Waals surface area (Å²) in [6.45, 7) is 1.43. The molecule has 94 valence electrons. The van der Waals surface area contributed by atoms with Crippen LogP contribution in [0.3, 0.4) is 0 Å². The van der Waals surface area contributed by atoms with E-state index in [1.54, 1.807) is 18.5 Å². The first-order valence-electron chi connectivity index (χ1n) is 5.51. The van der Waals surface area contributed by atoms with Crippen molar-refractivity contribution in [2.75, 3.05) is 0 Å². The van der Waals surface area contributed by atoms with E-state index in [1.165, 1.54) is 6.92 Å². The zero-order valence-corrected chi connectivity index (χ0v) is 9.80. The summed E-state index contributed by atoms with van der Waals surface area (Å²) in [6.07, 6.45) is 3.50. The fourth-order valence-electron chi connectivity index (χ4n) is 1.69. The van der Waals surface area contributed by atoms with Gasteiger partial charge >= 0.3 is 5.97 Å². The zero-order valence-electron chi connectivity index (χ0n) is 9.80. The lowest BCUT2D eigenvalue weighted by molar-refractivity contribution is -0.141. The molecule has 2 rings (SSSR count). The molecule has 0 unspecified atom stereocenters. The number of pyridine rings is 1. The summed E-state index contributed by atoms with van der Waals surface area (Å²) < 4.78 is 0. The number of hydrogen-bond acceptors (Lipinski definition) is 3. The third-order valence-electron chi connectivity index (χ3n) is 2.64. The number of carbonyl (C=O) groups excluding carboxylic acids is 1. The van der Waals surface area contributed by atoms with Gasteiger partial charge in [-0.25, -0.2) is 4.98 Å². The number of nitrogens with one attached hydrogen (secondary N) is 2. The highest BCUT2D eigenvalue weighted by Gasteiger charge is 2.15. The maximum absolute atomic E-state index is 11.7. The number of amides is 1. The highest BCUT2D eigenvalue weighted by Crippen LogP contribution is 2.15. The highest BCUT2D eigenvalue weighted by molar-refractivity contribution is 5.89. The first-order chi connectivity index (χ1) is 8.58. The number of fused-ring (bicyclic) bond motifs is 1. The molecule has 1 atom stereocenters. The number of carbonyl (C=O) groups is 2. The topological polar surface area (TPSA) is 95.1 Å². The summed E-state index contributed by atoms with van der Waals surface area (Å²) >= 11 is 0. The molecular weight excluding hydrogens is 234 g/mol. The first-order valence-corrected chi connectivity index (χ1v) is 5.51. The molecule has 0 aliphatic heterocycles. The molecule has 0 aliphatic carbocycles. The Hall–Kier alpha value is -2.37. The predicted octanol–water partition coefficient (Wildman–Crippen LogP) is 0.695. The lowest BCUT2D eigenvalue weighted by Crippen LogP contribution is -2.39. The van der Waals surface area contributed by atoms with Gasteiger partial charge in [0.1, 0.15) is 11.7 Å². The van der Waals surface area contributed by atoms with Crippen molar-refractivity contribution in [2.24, 2.45) is 0 Å². The van der Waals surface area contributed by atoms with Gasteiger partial charge in [0.2, 0.25) is 5.91 Å². The van der Waals surface area contributed by atoms with Crippen molar-refractivity contribution in [1.29, 1.82) is 0 Å². The molecule has 0 saturated carbocycles. The van der Waals surface area contributed by atoms with E-state index in [4.69, 9.17) is 5.11 Å². The molecule has 2 aromatic rings. The number of hydrogen-bond donors (Lipinski definition) is 3. The fourth-order valence-corrected chi connectivity index (χ4v) is 1.69. The molecule has 0 fully saturated rings. The maximum Gasteiger partial charge on any atom is 0.325 e. The standard InChI is InChI=1S/C12H13N3O3/c1-7(12(17)18)15-10(16)5-8-6-14-11-9(8)3-2-4-13-11/h2-4,6-7H,5H2,1H3,(H,13,14)(H,15,16)(H,17,18)/t7-/m1/s1. The third kappa shape index (κ3) is 2.48. The Balaban J connectivity index is 2.10. The van der Waals surface area contributed by atoms with Gasteiger partial charge in [-0.3, -0.25) is 9.59 Å². The van der Waals surface area contributed by atoms with E-state index in [0.29, 0.717) is 5.65 Å². The Kier molecular flexibility index (Phi) is 3.27. The highest BCUT2D eigenvalue weighted by atomic mass is 16.4. The van der Waals surface area contributed by atoms with Gasteiger partial charge in [0, 0.05) is 17.8 Å². The minimum atomic E-state index is -1.05. The summed E-state index contributed by atoms with van der Waals surface area (Å²) in [5.41, 5.74) is 1.51. The zero-order chi connectivity index (χ0) is 13.1. The Morgan fingerprint density at radius 3 is 3.06 bits per heavy atom. The van der Waals surface area contributed by atoms with Crippen LogP contribution in [-0.4, -0.2) is 33.0 Å². The molecule has 0 bridgehead atoms. The maximum atomic E-state index is 11.7. The van der Waals surface area contributed by atoms with Gasteiger partial charge in [0.05, 0.1) is 6.42 Å². The Bertz CT molecular complexity index is 591. The minimum absolute atomic E-state index is 0.128. The largest absolute Gasteiger partial charge is 0.480 e. The van der Waals surface area contributed by atoms with Crippen molar-refractivity contribution in [3.05, 3.63) is 30.1 Å². The number of carboxylic acids is 1. The van der Waals surface area contributed by atoms with Gasteiger partial charge < -0.3 is 15.4 Å². The van der Waals surface area contributed by atoms with Crippen LogP contribution >= 0.6 is 0 Å². The SMILES string of the molecule is C[C@@H](NC(=O)Cc1c[nH]c2ncccc12)C(=O)O. The van der Waals surface area contributed by atoms with E-state index >= 15 is 0 Å². The molecular formula is C12H13N3O3. The Morgan fingerprint density at radius 1 is 1.56 bits per heavy atom. The molecule has 1 amide bonds. The molecule has 2 heterocycles. The lowest BCUT2D eigenvalue weighted by atomic mass is 10.1. The minimum Gasteiger partial charge on any atom is -0.480 e. The summed E-state index contributed by atoms with van der Waals surface area (Å²) in [4.78, 5) is 29.4. The van der Waals surface area contributed by atoms with Crippen LogP contribution < -0.4 is 5.32 Å². The molecule has 0 aromatic carbocycles. The van der Waals surface area contributed by atoms with E-state index in [9.17, 15) is 9.59 Å². The first kappa shape index (κ1) is 12.1. The van der Waals surface area contributed by atoms with Gasteiger partial charge in [0.25, 0.3) is 0 Å². The van der Waals surface area contributed by atoms with E-state index in [1.807, 2.05) is 6.07 Å². The van der Waals surface area contributed by atoms with E-state index in [-0.39, 0.29) is 12.3 Å². The quantitative estimate of drug-likeness (QED) is 0.741. The number of H-pyrrole nitrogens is 1. The average Bonchev–Trinajstić information content (AvgIpc) is 2.72. The van der Waals surface area contributed by atoms with Gasteiger partial charge in [0.15, 0.2) is 0 Å². The molecule has 0 radical (unpaired) electrons. The molecule has 18 heavy (non-hydrogen) atoms. The summed E-state index contributed by atoms with van der Waals surface area (Å²) in [6, 6.07) is 2.76. The second-order valence-electron chi connectivity index (χ2n) is 4.02. The number of aromatic nitrogens is 2. The third-order valence-corrected chi connectivity index (χ3v) is 2.64. The van der Waals surface area contributed by atoms with E-state index in [0.717, 1.165) is 10.9 Å². The van der Waals surface area contributed by atoms with E-state index in [2.05, 4.69) is 15.3 Å². The van der Waals surface area contributed by atoms with Crippen LogP contribution in [-0.2, 0) is 16.0 Å². The van der Waals surface area contributed by atoms with Crippen LogP contribution in [0.2, 0.25) is 0 Å². The van der Waals surface area contributed by atoms with Crippen LogP contribution in [0.15, 0.2) is 24.5 Å². The second kappa shape index (κ2) is 4.87. The van der Waals surface area contributed by atoms with Crippen LogP contribution in [0.4, 0.5) is 0 Å². The van der Waals surface area contributed by atoms with Crippen LogP contribution in [0.25, 0.3) is 11.0 Å². The monoisotopic (exact) mass is 247 g/mol. The fraction of sp³-hybridized carbons (Fsp3) is 0.250. The molecule has 0 spiro atoms. The molecule has 0 aliphatic rings. The van der Waals surface area contributed by atoms with Crippen LogP contribution in [0.1, 0.15) is 12.5 Å². The van der Waals surface area contributed by atoms with Crippen LogP contribution in [0.5, 0.6) is 0 Å². The Labute approximate surface area is 103 Å². The van der Waals surface area contributed by atoms with Crippen LogP contribution in [0, 0.1) is 0 Å². The van der Waals surface area contributed by atoms with Crippen molar-refractivity contribution in [3.63, 3.8) is 0 Å². The van der Waals surface area contributed by atoms with Crippen molar-refractivity contribution < 1.29 is 14.7 Å². The summed E-state index contributed by atoms with van der Waals surface area (Å²) in [7, 11) is 0. The number of carboxylic acid groups (broad SMARTS) is 1. The lowest BCUT2D eigenvalue weighted by Gasteiger charge is -2.08. The molecule has 6 nitrogen and oxygen atoms in total. The van der Waals surface area contributed by atoms with Crippen molar-refractivity contribution in [3.8, 4) is 0 Å². The van der Waals surface area contributed by atoms with Crippen molar-refractivity contribution >= 4 is 22.9 Å². The van der Waals surface area contributed by atoms with Gasteiger partial charge in [-0.1, -0.05) is 0 Å². The molecule has 2 aromatic heterocycles. The second-order valence-corrected chi connectivity index (χ2v) is 4.02. The number of aliphatic carboxylic acids is 1. The predicted molar refractivity (Wildman–Crippen MR) is 65.0 cm³/mol. The van der Waals surface area contributed by atoms with Gasteiger partial charge in [-0.05, 0) is 24.6 Å². The van der Waals surface area contributed by atoms with E-state index < -0.39 is 12.0 Å². The number of aromatic amines is 1. The normalized spacial score (nSPS) is 12.3. The molecule has 6 heteroatoms. The summed E-state index contributed by atoms with van der Waals surface area (Å²) in [5.74, 6) is -1.38. The van der Waals surface area contributed by atoms with Gasteiger partial charge in [-0.15, -0.1) is 0 Å². The summed E-state index contributed by atoms with van der Waals surface area (Å²) in [5, 5.41) is 12.0. The average molecular weight is 247 g/mol. The number of nitrogens with zero attached hydrogens (tertiary/aromatic N) is 1.